The summed E-state index contributed by atoms with van der Waals surface area (Å²) in [6, 6.07) is 13.6. The zero-order chi connectivity index (χ0) is 19.2. The van der Waals surface area contributed by atoms with Gasteiger partial charge in [0.1, 0.15) is 18.4 Å². The normalized spacial score (nSPS) is 16.0. The summed E-state index contributed by atoms with van der Waals surface area (Å²) in [6.45, 7) is 2.31. The van der Waals surface area contributed by atoms with Crippen molar-refractivity contribution in [1.29, 1.82) is 5.26 Å². The maximum absolute atomic E-state index is 12.2. The van der Waals surface area contributed by atoms with E-state index in [0.29, 0.717) is 12.5 Å². The van der Waals surface area contributed by atoms with Gasteiger partial charge in [0.2, 0.25) is 5.91 Å². The van der Waals surface area contributed by atoms with E-state index >= 15 is 0 Å². The van der Waals surface area contributed by atoms with Gasteiger partial charge in [-0.25, -0.2) is 0 Å². The first kappa shape index (κ1) is 18.5. The number of benzene rings is 1. The lowest BCUT2D eigenvalue weighted by Crippen LogP contribution is -2.36. The van der Waals surface area contributed by atoms with Gasteiger partial charge in [-0.3, -0.25) is 9.59 Å². The number of hydrogen-bond acceptors (Lipinski definition) is 5. The highest BCUT2D eigenvalue weighted by Crippen LogP contribution is 2.22. The van der Waals surface area contributed by atoms with Crippen molar-refractivity contribution in [2.75, 3.05) is 31.6 Å². The number of ether oxygens (including phenoxy) is 1. The second-order valence-electron chi connectivity index (χ2n) is 6.54. The van der Waals surface area contributed by atoms with Crippen LogP contribution >= 0.6 is 0 Å². The lowest BCUT2D eigenvalue weighted by Gasteiger charge is -2.18. The quantitative estimate of drug-likeness (QED) is 0.834. The average Bonchev–Trinajstić information content (AvgIpc) is 3.17. The van der Waals surface area contributed by atoms with E-state index in [1.807, 2.05) is 24.3 Å². The molecule has 1 aliphatic heterocycles. The zero-order valence-electron chi connectivity index (χ0n) is 15.2. The van der Waals surface area contributed by atoms with Crippen molar-refractivity contribution in [3.05, 3.63) is 58.5 Å². The number of pyridine rings is 1. The van der Waals surface area contributed by atoms with Crippen LogP contribution in [0.5, 0.6) is 5.75 Å². The highest BCUT2D eigenvalue weighted by Gasteiger charge is 2.23. The highest BCUT2D eigenvalue weighted by molar-refractivity contribution is 5.75. The molecule has 0 aliphatic carbocycles. The molecule has 1 aromatic heterocycles. The van der Waals surface area contributed by atoms with Gasteiger partial charge >= 0.3 is 0 Å². The lowest BCUT2D eigenvalue weighted by molar-refractivity contribution is -0.121. The van der Waals surface area contributed by atoms with Crippen LogP contribution in [0.15, 0.2) is 47.4 Å². The van der Waals surface area contributed by atoms with Gasteiger partial charge in [0.15, 0.2) is 5.56 Å². The van der Waals surface area contributed by atoms with Gasteiger partial charge < -0.3 is 19.5 Å². The van der Waals surface area contributed by atoms with E-state index in [2.05, 4.69) is 22.3 Å². The molecule has 0 saturated carbocycles. The first-order chi connectivity index (χ1) is 13.1. The molecular weight excluding hydrogens is 344 g/mol. The zero-order valence-corrected chi connectivity index (χ0v) is 15.2. The molecule has 7 heteroatoms. The molecule has 1 unspecified atom stereocenters. The van der Waals surface area contributed by atoms with Crippen molar-refractivity contribution in [2.45, 2.75) is 13.0 Å². The van der Waals surface area contributed by atoms with Crippen LogP contribution in [0.3, 0.4) is 0 Å². The summed E-state index contributed by atoms with van der Waals surface area (Å²) in [6.07, 6.45) is 2.48. The fourth-order valence-corrected chi connectivity index (χ4v) is 3.30. The SMILES string of the molecule is COc1ccn(CC(=O)NCC2CCN(c3ccccc3)C2)c(=O)c1C#N. The Kier molecular flexibility index (Phi) is 5.77. The summed E-state index contributed by atoms with van der Waals surface area (Å²) in [4.78, 5) is 26.8. The number of aromatic nitrogens is 1. The number of nitrogens with zero attached hydrogens (tertiary/aromatic N) is 3. The van der Waals surface area contributed by atoms with Crippen LogP contribution in [0.4, 0.5) is 5.69 Å². The summed E-state index contributed by atoms with van der Waals surface area (Å²) >= 11 is 0. The summed E-state index contributed by atoms with van der Waals surface area (Å²) in [5.74, 6) is 0.340. The predicted molar refractivity (Wildman–Crippen MR) is 102 cm³/mol. The summed E-state index contributed by atoms with van der Waals surface area (Å²) < 4.78 is 6.22. The second kappa shape index (κ2) is 8.41. The van der Waals surface area contributed by atoms with Crippen LogP contribution in [0.25, 0.3) is 0 Å². The highest BCUT2D eigenvalue weighted by atomic mass is 16.5. The largest absolute Gasteiger partial charge is 0.495 e. The standard InChI is InChI=1S/C20H22N4O3/c1-27-18-8-10-24(20(26)17(18)11-21)14-19(25)22-12-15-7-9-23(13-15)16-5-3-2-4-6-16/h2-6,8,10,15H,7,9,12-14H2,1H3,(H,22,25). The predicted octanol–water partition coefficient (Wildman–Crippen LogP) is 1.37. The number of carbonyl (C=O) groups excluding carboxylic acids is 1. The molecule has 2 heterocycles. The van der Waals surface area contributed by atoms with Crippen molar-refractivity contribution < 1.29 is 9.53 Å². The van der Waals surface area contributed by atoms with Crippen LogP contribution in [0.2, 0.25) is 0 Å². The maximum atomic E-state index is 12.2. The molecular formula is C20H22N4O3. The molecule has 1 amide bonds. The molecule has 2 aromatic rings. The Balaban J connectivity index is 1.54. The van der Waals surface area contributed by atoms with E-state index in [9.17, 15) is 9.59 Å². The second-order valence-corrected chi connectivity index (χ2v) is 6.54. The molecule has 1 N–H and O–H groups in total. The minimum Gasteiger partial charge on any atom is -0.495 e. The summed E-state index contributed by atoms with van der Waals surface area (Å²) in [5, 5.41) is 12.0. The topological polar surface area (TPSA) is 87.4 Å². The van der Waals surface area contributed by atoms with Gasteiger partial charge in [-0.05, 0) is 30.5 Å². The van der Waals surface area contributed by atoms with E-state index in [0.717, 1.165) is 19.5 Å². The van der Waals surface area contributed by atoms with Gasteiger partial charge in [0.25, 0.3) is 5.56 Å². The lowest BCUT2D eigenvalue weighted by atomic mass is 10.1. The Labute approximate surface area is 157 Å². The van der Waals surface area contributed by atoms with Crippen molar-refractivity contribution >= 4 is 11.6 Å². The summed E-state index contributed by atoms with van der Waals surface area (Å²) in [7, 11) is 1.40. The molecule has 1 aromatic carbocycles. The number of carbonyl (C=O) groups is 1. The molecule has 27 heavy (non-hydrogen) atoms. The van der Waals surface area contributed by atoms with E-state index < -0.39 is 5.56 Å². The minimum absolute atomic E-state index is 0.0953. The number of nitrogens with one attached hydrogen (secondary N) is 1. The van der Waals surface area contributed by atoms with E-state index in [4.69, 9.17) is 10.00 Å². The molecule has 7 nitrogen and oxygen atoms in total. The van der Waals surface area contributed by atoms with Crippen molar-refractivity contribution in [2.24, 2.45) is 5.92 Å². The van der Waals surface area contributed by atoms with Crippen molar-refractivity contribution in [3.8, 4) is 11.8 Å². The molecule has 0 radical (unpaired) electrons. The number of hydrogen-bond donors (Lipinski definition) is 1. The molecule has 1 atom stereocenters. The van der Waals surface area contributed by atoms with Crippen molar-refractivity contribution in [3.63, 3.8) is 0 Å². The van der Waals surface area contributed by atoms with Crippen LogP contribution in [-0.2, 0) is 11.3 Å². The molecule has 1 aliphatic rings. The number of amides is 1. The smallest absolute Gasteiger partial charge is 0.272 e. The Morgan fingerprint density at radius 1 is 1.33 bits per heavy atom. The van der Waals surface area contributed by atoms with Crippen molar-refractivity contribution in [1.82, 2.24) is 9.88 Å². The molecule has 140 valence electrons. The Bertz CT molecular complexity index is 902. The fourth-order valence-electron chi connectivity index (χ4n) is 3.30. The minimum atomic E-state index is -0.525. The third-order valence-electron chi connectivity index (χ3n) is 4.77. The number of methoxy groups -OCH3 is 1. The molecule has 1 saturated heterocycles. The molecule has 0 spiro atoms. The number of anilines is 1. The van der Waals surface area contributed by atoms with Crippen LogP contribution in [0, 0.1) is 17.2 Å². The monoisotopic (exact) mass is 366 g/mol. The number of para-hydroxylation sites is 1. The third-order valence-corrected chi connectivity index (χ3v) is 4.77. The van der Waals surface area contributed by atoms with Crippen LogP contribution in [-0.4, -0.2) is 37.2 Å². The van der Waals surface area contributed by atoms with Gasteiger partial charge in [-0.1, -0.05) is 18.2 Å². The van der Waals surface area contributed by atoms with Crippen LogP contribution in [0.1, 0.15) is 12.0 Å². The van der Waals surface area contributed by atoms with E-state index in [1.54, 1.807) is 0 Å². The van der Waals surface area contributed by atoms with Gasteiger partial charge in [-0.15, -0.1) is 0 Å². The van der Waals surface area contributed by atoms with E-state index in [1.165, 1.54) is 29.6 Å². The molecule has 3 rings (SSSR count). The van der Waals surface area contributed by atoms with Gasteiger partial charge in [-0.2, -0.15) is 5.26 Å². The fraction of sp³-hybridized carbons (Fsp3) is 0.350. The maximum Gasteiger partial charge on any atom is 0.272 e. The Morgan fingerprint density at radius 3 is 2.81 bits per heavy atom. The van der Waals surface area contributed by atoms with Gasteiger partial charge in [0.05, 0.1) is 7.11 Å². The first-order valence-electron chi connectivity index (χ1n) is 8.86. The Morgan fingerprint density at radius 2 is 2.11 bits per heavy atom. The first-order valence-corrected chi connectivity index (χ1v) is 8.86. The molecule has 1 fully saturated rings. The average molecular weight is 366 g/mol. The van der Waals surface area contributed by atoms with Crippen LogP contribution < -0.4 is 20.5 Å². The summed E-state index contributed by atoms with van der Waals surface area (Å²) in [5.41, 5.74) is 0.574. The number of rotatable bonds is 6. The number of nitriles is 1. The molecule has 0 bridgehead atoms. The van der Waals surface area contributed by atoms with Gasteiger partial charge in [0, 0.05) is 31.5 Å². The third kappa shape index (κ3) is 4.29. The Hall–Kier alpha value is -3.27. The van der Waals surface area contributed by atoms with E-state index in [-0.39, 0.29) is 23.8 Å².